The van der Waals surface area contributed by atoms with Gasteiger partial charge in [-0.15, -0.1) is 11.3 Å². The first-order chi connectivity index (χ1) is 8.70. The van der Waals surface area contributed by atoms with Crippen LogP contribution in [0.25, 0.3) is 0 Å². The lowest BCUT2D eigenvalue weighted by molar-refractivity contribution is 0.556. The van der Waals surface area contributed by atoms with E-state index >= 15 is 0 Å². The van der Waals surface area contributed by atoms with E-state index in [-0.39, 0.29) is 11.9 Å². The number of hydrogen-bond acceptors (Lipinski definition) is 3. The topological polar surface area (TPSA) is 24.9 Å². The molecule has 0 radical (unpaired) electrons. The van der Waals surface area contributed by atoms with Gasteiger partial charge in [0.2, 0.25) is 0 Å². The quantitative estimate of drug-likeness (QED) is 0.890. The monoisotopic (exact) mass is 264 g/mol. The zero-order valence-electron chi connectivity index (χ0n) is 10.6. The molecular formula is C14H17FN2S. The number of pyridine rings is 1. The Labute approximate surface area is 111 Å². The molecular weight excluding hydrogens is 247 g/mol. The van der Waals surface area contributed by atoms with Gasteiger partial charge in [-0.3, -0.25) is 4.98 Å². The molecule has 96 valence electrons. The molecule has 0 aromatic carbocycles. The summed E-state index contributed by atoms with van der Waals surface area (Å²) in [4.78, 5) is 5.45. The van der Waals surface area contributed by atoms with Gasteiger partial charge in [0.25, 0.3) is 0 Å². The molecule has 0 fully saturated rings. The fraction of sp³-hybridized carbons (Fsp3) is 0.357. The molecule has 1 atom stereocenters. The zero-order valence-corrected chi connectivity index (χ0v) is 11.4. The standard InChI is InChI=1S/C14H17FN2S/c1-3-11-6-7-18-14(11)9-16-10(2)13-5-4-12(15)8-17-13/h4-8,10,16H,3,9H2,1-2H3. The lowest BCUT2D eigenvalue weighted by Gasteiger charge is -2.13. The maximum absolute atomic E-state index is 12.8. The van der Waals surface area contributed by atoms with Crippen molar-refractivity contribution in [1.82, 2.24) is 10.3 Å². The normalized spacial score (nSPS) is 12.6. The van der Waals surface area contributed by atoms with E-state index in [9.17, 15) is 4.39 Å². The molecule has 0 amide bonds. The van der Waals surface area contributed by atoms with E-state index in [1.807, 2.05) is 6.92 Å². The predicted molar refractivity (Wildman–Crippen MR) is 73.1 cm³/mol. The summed E-state index contributed by atoms with van der Waals surface area (Å²) >= 11 is 1.77. The van der Waals surface area contributed by atoms with E-state index in [1.54, 1.807) is 17.4 Å². The van der Waals surface area contributed by atoms with Crippen LogP contribution in [0.4, 0.5) is 4.39 Å². The summed E-state index contributed by atoms with van der Waals surface area (Å²) in [6.45, 7) is 5.04. The second-order valence-corrected chi connectivity index (χ2v) is 5.23. The number of hydrogen-bond donors (Lipinski definition) is 1. The third-order valence-corrected chi connectivity index (χ3v) is 3.94. The molecule has 2 rings (SSSR count). The lowest BCUT2D eigenvalue weighted by Crippen LogP contribution is -2.19. The van der Waals surface area contributed by atoms with Gasteiger partial charge >= 0.3 is 0 Å². The first kappa shape index (κ1) is 13.2. The van der Waals surface area contributed by atoms with Crippen molar-refractivity contribution in [2.45, 2.75) is 32.9 Å². The summed E-state index contributed by atoms with van der Waals surface area (Å²) in [5, 5.41) is 5.54. The summed E-state index contributed by atoms with van der Waals surface area (Å²) in [6, 6.07) is 5.46. The highest BCUT2D eigenvalue weighted by atomic mass is 32.1. The zero-order chi connectivity index (χ0) is 13.0. The van der Waals surface area contributed by atoms with Crippen LogP contribution in [0.1, 0.15) is 36.0 Å². The minimum atomic E-state index is -0.294. The van der Waals surface area contributed by atoms with Crippen LogP contribution in [0.3, 0.4) is 0 Å². The Kier molecular flexibility index (Phi) is 4.44. The summed E-state index contributed by atoms with van der Waals surface area (Å²) < 4.78 is 12.8. The van der Waals surface area contributed by atoms with E-state index < -0.39 is 0 Å². The maximum atomic E-state index is 12.8. The number of nitrogens with zero attached hydrogens (tertiary/aromatic N) is 1. The molecule has 1 unspecified atom stereocenters. The second-order valence-electron chi connectivity index (χ2n) is 4.23. The average molecular weight is 264 g/mol. The van der Waals surface area contributed by atoms with Crippen LogP contribution in [-0.4, -0.2) is 4.98 Å². The Hall–Kier alpha value is -1.26. The Morgan fingerprint density at radius 1 is 1.39 bits per heavy atom. The Bertz CT molecular complexity index is 493. The van der Waals surface area contributed by atoms with Crippen LogP contribution in [0.5, 0.6) is 0 Å². The molecule has 18 heavy (non-hydrogen) atoms. The third-order valence-electron chi connectivity index (χ3n) is 2.98. The maximum Gasteiger partial charge on any atom is 0.141 e. The van der Waals surface area contributed by atoms with Crippen LogP contribution in [0.15, 0.2) is 29.8 Å². The van der Waals surface area contributed by atoms with Gasteiger partial charge in [0, 0.05) is 17.5 Å². The number of halogens is 1. The number of nitrogens with one attached hydrogen (secondary N) is 1. The number of aryl methyl sites for hydroxylation is 1. The molecule has 0 saturated heterocycles. The Morgan fingerprint density at radius 2 is 2.22 bits per heavy atom. The predicted octanol–water partition coefficient (Wildman–Crippen LogP) is 3.70. The van der Waals surface area contributed by atoms with Gasteiger partial charge < -0.3 is 5.32 Å². The van der Waals surface area contributed by atoms with Gasteiger partial charge in [0.05, 0.1) is 11.9 Å². The Balaban J connectivity index is 1.96. The van der Waals surface area contributed by atoms with Crippen LogP contribution in [0, 0.1) is 5.82 Å². The average Bonchev–Trinajstić information content (AvgIpc) is 2.84. The van der Waals surface area contributed by atoms with Crippen molar-refractivity contribution >= 4 is 11.3 Å². The second kappa shape index (κ2) is 6.07. The van der Waals surface area contributed by atoms with Crippen LogP contribution >= 0.6 is 11.3 Å². The van der Waals surface area contributed by atoms with E-state index in [0.29, 0.717) is 0 Å². The van der Waals surface area contributed by atoms with Crippen molar-refractivity contribution in [3.05, 3.63) is 51.7 Å². The first-order valence-electron chi connectivity index (χ1n) is 6.10. The third kappa shape index (κ3) is 3.15. The SMILES string of the molecule is CCc1ccsc1CNC(C)c1ccc(F)cn1. The van der Waals surface area contributed by atoms with E-state index in [4.69, 9.17) is 0 Å². The summed E-state index contributed by atoms with van der Waals surface area (Å²) in [5.41, 5.74) is 2.26. The fourth-order valence-electron chi connectivity index (χ4n) is 1.83. The van der Waals surface area contributed by atoms with Gasteiger partial charge in [0.15, 0.2) is 0 Å². The van der Waals surface area contributed by atoms with Gasteiger partial charge in [-0.25, -0.2) is 4.39 Å². The molecule has 1 N–H and O–H groups in total. The van der Waals surface area contributed by atoms with Crippen molar-refractivity contribution < 1.29 is 4.39 Å². The summed E-state index contributed by atoms with van der Waals surface area (Å²) in [7, 11) is 0. The highest BCUT2D eigenvalue weighted by Gasteiger charge is 2.08. The van der Waals surface area contributed by atoms with Gasteiger partial charge in [-0.2, -0.15) is 0 Å². The van der Waals surface area contributed by atoms with Crippen LogP contribution < -0.4 is 5.32 Å². The molecule has 0 aliphatic carbocycles. The van der Waals surface area contributed by atoms with Gasteiger partial charge in [0.1, 0.15) is 5.82 Å². The number of thiophene rings is 1. The van der Waals surface area contributed by atoms with Crippen LogP contribution in [0.2, 0.25) is 0 Å². The number of aromatic nitrogens is 1. The summed E-state index contributed by atoms with van der Waals surface area (Å²) in [6.07, 6.45) is 2.32. The van der Waals surface area contributed by atoms with Crippen molar-refractivity contribution in [2.24, 2.45) is 0 Å². The Morgan fingerprint density at radius 3 is 2.89 bits per heavy atom. The molecule has 0 aliphatic rings. The molecule has 0 saturated carbocycles. The lowest BCUT2D eigenvalue weighted by atomic mass is 10.2. The smallest absolute Gasteiger partial charge is 0.141 e. The van der Waals surface area contributed by atoms with E-state index in [1.165, 1.54) is 22.7 Å². The minimum Gasteiger partial charge on any atom is -0.304 e. The van der Waals surface area contributed by atoms with E-state index in [2.05, 4.69) is 28.7 Å². The van der Waals surface area contributed by atoms with Gasteiger partial charge in [-0.1, -0.05) is 6.92 Å². The molecule has 0 aliphatic heterocycles. The van der Waals surface area contributed by atoms with Crippen LogP contribution in [-0.2, 0) is 13.0 Å². The molecule has 4 heteroatoms. The molecule has 0 spiro atoms. The molecule has 2 nitrogen and oxygen atoms in total. The minimum absolute atomic E-state index is 0.123. The number of rotatable bonds is 5. The molecule has 2 heterocycles. The first-order valence-corrected chi connectivity index (χ1v) is 6.98. The van der Waals surface area contributed by atoms with Crippen molar-refractivity contribution in [3.63, 3.8) is 0 Å². The molecule has 2 aromatic rings. The van der Waals surface area contributed by atoms with Crippen molar-refractivity contribution in [1.29, 1.82) is 0 Å². The fourth-order valence-corrected chi connectivity index (χ4v) is 2.76. The van der Waals surface area contributed by atoms with E-state index in [0.717, 1.165) is 18.7 Å². The molecule has 2 aromatic heterocycles. The molecule has 0 bridgehead atoms. The largest absolute Gasteiger partial charge is 0.304 e. The van der Waals surface area contributed by atoms with Crippen molar-refractivity contribution in [3.8, 4) is 0 Å². The highest BCUT2D eigenvalue weighted by molar-refractivity contribution is 7.10. The highest BCUT2D eigenvalue weighted by Crippen LogP contribution is 2.18. The van der Waals surface area contributed by atoms with Crippen molar-refractivity contribution in [2.75, 3.05) is 0 Å². The van der Waals surface area contributed by atoms with Gasteiger partial charge in [-0.05, 0) is 42.5 Å². The summed E-state index contributed by atoms with van der Waals surface area (Å²) in [5.74, 6) is -0.294.